The zero-order valence-electron chi connectivity index (χ0n) is 17.1. The summed E-state index contributed by atoms with van der Waals surface area (Å²) in [4.78, 5) is 32.0. The van der Waals surface area contributed by atoms with Gasteiger partial charge in [0.1, 0.15) is 5.54 Å². The molecule has 0 saturated carbocycles. The van der Waals surface area contributed by atoms with Gasteiger partial charge in [0, 0.05) is 39.9 Å². The van der Waals surface area contributed by atoms with Crippen LogP contribution >= 0.6 is 0 Å². The molecule has 154 valence electrons. The van der Waals surface area contributed by atoms with Crippen LogP contribution in [0.2, 0.25) is 0 Å². The molecule has 3 amide bonds. The largest absolute Gasteiger partial charge is 0.383 e. The van der Waals surface area contributed by atoms with E-state index in [4.69, 9.17) is 9.47 Å². The van der Waals surface area contributed by atoms with Crippen LogP contribution in [0.3, 0.4) is 0 Å². The average molecular weight is 389 g/mol. The molecular formula is C21H31N3O4. The monoisotopic (exact) mass is 389 g/mol. The Bertz CT molecular complexity index is 673. The van der Waals surface area contributed by atoms with Crippen LogP contribution < -0.4 is 0 Å². The van der Waals surface area contributed by atoms with Crippen LogP contribution in [0.4, 0.5) is 4.79 Å². The Morgan fingerprint density at radius 3 is 2.36 bits per heavy atom. The molecule has 28 heavy (non-hydrogen) atoms. The Labute approximate surface area is 167 Å². The fraction of sp³-hybridized carbons (Fsp3) is 0.619. The number of piperidine rings is 1. The number of imide groups is 1. The van der Waals surface area contributed by atoms with Gasteiger partial charge in [0.25, 0.3) is 5.91 Å². The number of ether oxygens (including phenoxy) is 2. The molecule has 2 aliphatic heterocycles. The molecule has 1 atom stereocenters. The van der Waals surface area contributed by atoms with Crippen LogP contribution in [0.25, 0.3) is 0 Å². The number of rotatable bonds is 8. The van der Waals surface area contributed by atoms with Crippen molar-refractivity contribution in [3.63, 3.8) is 0 Å². The minimum atomic E-state index is -0.760. The lowest BCUT2D eigenvalue weighted by atomic mass is 9.85. The number of likely N-dealkylation sites (tertiary alicyclic amines) is 1. The first-order valence-corrected chi connectivity index (χ1v) is 9.93. The molecule has 1 spiro atoms. The molecule has 3 rings (SSSR count). The number of methoxy groups -OCH3 is 2. The first kappa shape index (κ1) is 20.8. The molecule has 2 aliphatic rings. The van der Waals surface area contributed by atoms with Gasteiger partial charge >= 0.3 is 6.03 Å². The summed E-state index contributed by atoms with van der Waals surface area (Å²) in [5, 5.41) is 0. The molecule has 2 saturated heterocycles. The Morgan fingerprint density at radius 1 is 1.07 bits per heavy atom. The van der Waals surface area contributed by atoms with Crippen molar-refractivity contribution in [1.82, 2.24) is 14.7 Å². The molecule has 1 aromatic carbocycles. The molecule has 0 radical (unpaired) electrons. The van der Waals surface area contributed by atoms with E-state index in [2.05, 4.69) is 11.8 Å². The highest BCUT2D eigenvalue weighted by Crippen LogP contribution is 2.38. The second-order valence-electron chi connectivity index (χ2n) is 7.68. The second-order valence-corrected chi connectivity index (χ2v) is 7.68. The van der Waals surface area contributed by atoms with Crippen LogP contribution in [0.1, 0.15) is 25.3 Å². The summed E-state index contributed by atoms with van der Waals surface area (Å²) in [7, 11) is 3.29. The molecule has 2 fully saturated rings. The van der Waals surface area contributed by atoms with Gasteiger partial charge in [-0.15, -0.1) is 0 Å². The topological polar surface area (TPSA) is 62.3 Å². The number of carbonyl (C=O) groups excluding carboxylic acids is 2. The van der Waals surface area contributed by atoms with Crippen LogP contribution in [0.5, 0.6) is 0 Å². The molecule has 0 aliphatic carbocycles. The Balaban J connectivity index is 1.82. The molecule has 7 nitrogen and oxygen atoms in total. The number of nitrogens with zero attached hydrogens (tertiary/aromatic N) is 3. The van der Waals surface area contributed by atoms with E-state index >= 15 is 0 Å². The standard InChI is InChI=1S/C21H31N3O4/c1-17(16-28-3)22-11-9-21(10-12-22)19(25)23(13-14-27-2)20(26)24(21)15-18-7-5-4-6-8-18/h4-8,17H,9-16H2,1-3H3/t17-/m0/s1. The van der Waals surface area contributed by atoms with Gasteiger partial charge in [0.05, 0.1) is 19.8 Å². The van der Waals surface area contributed by atoms with Crippen LogP contribution in [-0.2, 0) is 20.8 Å². The van der Waals surface area contributed by atoms with Crippen LogP contribution in [-0.4, -0.2) is 85.3 Å². The fourth-order valence-electron chi connectivity index (χ4n) is 4.31. The summed E-state index contributed by atoms with van der Waals surface area (Å²) in [5.41, 5.74) is 0.274. The van der Waals surface area contributed by atoms with Crippen molar-refractivity contribution in [3.8, 4) is 0 Å². The Morgan fingerprint density at radius 2 is 1.75 bits per heavy atom. The number of benzene rings is 1. The molecule has 2 heterocycles. The molecule has 7 heteroatoms. The third-order valence-corrected chi connectivity index (χ3v) is 5.98. The average Bonchev–Trinajstić information content (AvgIpc) is 2.89. The second kappa shape index (κ2) is 9.03. The van der Waals surface area contributed by atoms with E-state index in [-0.39, 0.29) is 11.9 Å². The fourth-order valence-corrected chi connectivity index (χ4v) is 4.31. The van der Waals surface area contributed by atoms with Crippen molar-refractivity contribution in [2.45, 2.75) is 37.9 Å². The minimum absolute atomic E-state index is 0.0791. The predicted molar refractivity (Wildman–Crippen MR) is 106 cm³/mol. The van der Waals surface area contributed by atoms with Crippen LogP contribution in [0.15, 0.2) is 30.3 Å². The quantitative estimate of drug-likeness (QED) is 0.636. The first-order valence-electron chi connectivity index (χ1n) is 9.93. The summed E-state index contributed by atoms with van der Waals surface area (Å²) >= 11 is 0. The lowest BCUT2D eigenvalue weighted by Gasteiger charge is -2.44. The summed E-state index contributed by atoms with van der Waals surface area (Å²) in [6, 6.07) is 9.96. The maximum Gasteiger partial charge on any atom is 0.328 e. The van der Waals surface area contributed by atoms with E-state index in [1.165, 1.54) is 4.90 Å². The van der Waals surface area contributed by atoms with E-state index in [0.29, 0.717) is 45.2 Å². The lowest BCUT2D eigenvalue weighted by Crippen LogP contribution is -2.57. The smallest absolute Gasteiger partial charge is 0.328 e. The summed E-state index contributed by atoms with van der Waals surface area (Å²) in [5.74, 6) is -0.0791. The molecule has 0 N–H and O–H groups in total. The maximum absolute atomic E-state index is 13.4. The highest BCUT2D eigenvalue weighted by atomic mass is 16.5. The van der Waals surface area contributed by atoms with Crippen molar-refractivity contribution in [3.05, 3.63) is 35.9 Å². The van der Waals surface area contributed by atoms with Gasteiger partial charge in [-0.05, 0) is 25.3 Å². The van der Waals surface area contributed by atoms with Crippen molar-refractivity contribution in [2.24, 2.45) is 0 Å². The van der Waals surface area contributed by atoms with Crippen LogP contribution in [0, 0.1) is 0 Å². The normalized spacial score (nSPS) is 21.0. The highest BCUT2D eigenvalue weighted by molar-refractivity contribution is 6.07. The van der Waals surface area contributed by atoms with Gasteiger partial charge in [-0.2, -0.15) is 0 Å². The molecule has 1 aromatic rings. The van der Waals surface area contributed by atoms with Gasteiger partial charge in [0.2, 0.25) is 0 Å². The van der Waals surface area contributed by atoms with Crippen molar-refractivity contribution in [2.75, 3.05) is 47.1 Å². The van der Waals surface area contributed by atoms with E-state index in [9.17, 15) is 9.59 Å². The summed E-state index contributed by atoms with van der Waals surface area (Å²) < 4.78 is 10.4. The first-order chi connectivity index (χ1) is 13.5. The molecule has 0 unspecified atom stereocenters. The predicted octanol–water partition coefficient (Wildman–Crippen LogP) is 1.97. The number of carbonyl (C=O) groups is 2. The van der Waals surface area contributed by atoms with Crippen molar-refractivity contribution < 1.29 is 19.1 Å². The zero-order valence-corrected chi connectivity index (χ0v) is 17.1. The maximum atomic E-state index is 13.4. The van der Waals surface area contributed by atoms with Crippen molar-refractivity contribution >= 4 is 11.9 Å². The van der Waals surface area contributed by atoms with Gasteiger partial charge in [-0.3, -0.25) is 14.6 Å². The lowest BCUT2D eigenvalue weighted by molar-refractivity contribution is -0.136. The molecule has 0 aromatic heterocycles. The van der Waals surface area contributed by atoms with Gasteiger partial charge < -0.3 is 14.4 Å². The molecular weight excluding hydrogens is 358 g/mol. The van der Waals surface area contributed by atoms with E-state index < -0.39 is 5.54 Å². The number of hydrogen-bond acceptors (Lipinski definition) is 5. The Hall–Kier alpha value is -1.96. The molecule has 0 bridgehead atoms. The zero-order chi connectivity index (χ0) is 20.1. The number of amides is 3. The summed E-state index contributed by atoms with van der Waals surface area (Å²) in [6.07, 6.45) is 1.28. The number of urea groups is 1. The van der Waals surface area contributed by atoms with Crippen molar-refractivity contribution in [1.29, 1.82) is 0 Å². The minimum Gasteiger partial charge on any atom is -0.383 e. The third kappa shape index (κ3) is 3.92. The third-order valence-electron chi connectivity index (χ3n) is 5.98. The van der Waals surface area contributed by atoms with Gasteiger partial charge in [0.15, 0.2) is 0 Å². The number of hydrogen-bond donors (Lipinski definition) is 0. The summed E-state index contributed by atoms with van der Waals surface area (Å²) in [6.45, 7) is 5.43. The van der Waals surface area contributed by atoms with Gasteiger partial charge in [-0.25, -0.2) is 4.79 Å². The van der Waals surface area contributed by atoms with E-state index in [1.807, 2.05) is 30.3 Å². The van der Waals surface area contributed by atoms with E-state index in [0.717, 1.165) is 18.7 Å². The SMILES string of the molecule is COCCN1C(=O)N(Cc2ccccc2)C2(CCN([C@@H](C)COC)CC2)C1=O. The van der Waals surface area contributed by atoms with Gasteiger partial charge in [-0.1, -0.05) is 30.3 Å². The Kier molecular flexibility index (Phi) is 6.69. The highest BCUT2D eigenvalue weighted by Gasteiger charge is 2.57. The van der Waals surface area contributed by atoms with E-state index in [1.54, 1.807) is 19.1 Å².